The van der Waals surface area contributed by atoms with E-state index in [0.29, 0.717) is 24.2 Å². The van der Waals surface area contributed by atoms with Gasteiger partial charge < -0.3 is 9.64 Å². The number of hydrogen-bond acceptors (Lipinski definition) is 5. The number of nitrogens with zero attached hydrogens (tertiary/aromatic N) is 2. The number of ether oxygens (including phenoxy) is 1. The third-order valence-electron chi connectivity index (χ3n) is 6.52. The Labute approximate surface area is 211 Å². The predicted octanol–water partition coefficient (Wildman–Crippen LogP) is 4.71. The number of nitrogens with one attached hydrogen (secondary N) is 1. The molecule has 184 valence electrons. The van der Waals surface area contributed by atoms with Crippen LogP contribution in [-0.4, -0.2) is 62.6 Å². The summed E-state index contributed by atoms with van der Waals surface area (Å²) in [7, 11) is -4.02. The molecule has 0 bridgehead atoms. The highest BCUT2D eigenvalue weighted by Gasteiger charge is 2.32. The number of piperidine rings is 2. The first-order valence-electron chi connectivity index (χ1n) is 11.5. The summed E-state index contributed by atoms with van der Waals surface area (Å²) in [5.41, 5.74) is 1.04. The Morgan fingerprint density at radius 2 is 1.68 bits per heavy atom. The minimum absolute atomic E-state index is 0.0834. The summed E-state index contributed by atoms with van der Waals surface area (Å²) in [6, 6.07) is 11.5. The first kappa shape index (κ1) is 25.1. The van der Waals surface area contributed by atoms with Crippen molar-refractivity contribution >= 4 is 39.3 Å². The molecule has 10 heteroatoms. The minimum atomic E-state index is -4.02. The van der Waals surface area contributed by atoms with Crippen LogP contribution in [0.1, 0.15) is 31.2 Å². The van der Waals surface area contributed by atoms with Gasteiger partial charge in [-0.05, 0) is 68.5 Å². The van der Waals surface area contributed by atoms with Crippen molar-refractivity contribution in [3.8, 4) is 5.75 Å². The Bertz CT molecular complexity index is 1130. The predicted molar refractivity (Wildman–Crippen MR) is 133 cm³/mol. The second kappa shape index (κ2) is 10.7. The Hall–Kier alpha value is -2.00. The molecule has 2 aromatic rings. The minimum Gasteiger partial charge on any atom is -0.490 e. The van der Waals surface area contributed by atoms with Crippen LogP contribution in [0.4, 0.5) is 4.79 Å². The van der Waals surface area contributed by atoms with Crippen LogP contribution in [0.15, 0.2) is 47.4 Å². The molecule has 2 fully saturated rings. The van der Waals surface area contributed by atoms with E-state index in [4.69, 9.17) is 27.9 Å². The number of sulfonamides is 1. The molecule has 0 aromatic heterocycles. The fraction of sp³-hybridized carbons (Fsp3) is 0.458. The molecule has 2 saturated heterocycles. The molecule has 2 heterocycles. The molecular formula is C24H29Cl2N3O4S. The fourth-order valence-electron chi connectivity index (χ4n) is 4.61. The maximum Gasteiger partial charge on any atom is 0.331 e. The molecule has 34 heavy (non-hydrogen) atoms. The van der Waals surface area contributed by atoms with E-state index in [1.54, 1.807) is 17.0 Å². The monoisotopic (exact) mass is 525 g/mol. The van der Waals surface area contributed by atoms with Crippen LogP contribution in [0.25, 0.3) is 0 Å². The number of rotatable bonds is 5. The van der Waals surface area contributed by atoms with Crippen molar-refractivity contribution < 1.29 is 17.9 Å². The molecule has 0 spiro atoms. The van der Waals surface area contributed by atoms with Crippen molar-refractivity contribution in [3.05, 3.63) is 58.1 Å². The second-order valence-corrected chi connectivity index (χ2v) is 11.3. The van der Waals surface area contributed by atoms with E-state index in [2.05, 4.69) is 9.62 Å². The van der Waals surface area contributed by atoms with E-state index in [1.165, 1.54) is 12.1 Å². The van der Waals surface area contributed by atoms with Crippen LogP contribution in [0.2, 0.25) is 10.0 Å². The van der Waals surface area contributed by atoms with Crippen LogP contribution >= 0.6 is 23.2 Å². The summed E-state index contributed by atoms with van der Waals surface area (Å²) < 4.78 is 33.4. The lowest BCUT2D eigenvalue weighted by Gasteiger charge is -2.41. The van der Waals surface area contributed by atoms with Crippen LogP contribution in [0, 0.1) is 6.92 Å². The number of halogens is 2. The van der Waals surface area contributed by atoms with Gasteiger partial charge in [0.1, 0.15) is 16.7 Å². The lowest BCUT2D eigenvalue weighted by atomic mass is 9.99. The standard InChI is InChI=1S/C24H29Cl2N3O4S/c1-17-16-18(25)6-7-22(17)33-20-10-14-28(15-11-20)19-8-12-29(13-9-19)24(30)27-34(31,32)23-5-3-2-4-21(23)26/h2-7,16,19-20H,8-15H2,1H3,(H,27,30). The van der Waals surface area contributed by atoms with E-state index in [9.17, 15) is 13.2 Å². The SMILES string of the molecule is Cc1cc(Cl)ccc1OC1CCN(C2CCN(C(=O)NS(=O)(=O)c3ccccc3Cl)CC2)CC1. The molecule has 2 aromatic carbocycles. The molecule has 0 atom stereocenters. The second-order valence-electron chi connectivity index (χ2n) is 8.82. The Morgan fingerprint density at radius 3 is 2.32 bits per heavy atom. The van der Waals surface area contributed by atoms with Gasteiger partial charge in [0.2, 0.25) is 0 Å². The van der Waals surface area contributed by atoms with Gasteiger partial charge in [-0.3, -0.25) is 4.90 Å². The lowest BCUT2D eigenvalue weighted by molar-refractivity contribution is 0.0537. The number of urea groups is 1. The van der Waals surface area contributed by atoms with Gasteiger partial charge >= 0.3 is 6.03 Å². The van der Waals surface area contributed by atoms with Crippen molar-refractivity contribution in [2.45, 2.75) is 49.6 Å². The highest BCUT2D eigenvalue weighted by molar-refractivity contribution is 7.90. The number of amides is 2. The zero-order valence-electron chi connectivity index (χ0n) is 19.0. The molecule has 0 aliphatic carbocycles. The Morgan fingerprint density at radius 1 is 1.00 bits per heavy atom. The molecule has 7 nitrogen and oxygen atoms in total. The highest BCUT2D eigenvalue weighted by Crippen LogP contribution is 2.27. The van der Waals surface area contributed by atoms with Gasteiger partial charge in [0, 0.05) is 37.2 Å². The van der Waals surface area contributed by atoms with E-state index in [-0.39, 0.29) is 16.0 Å². The molecule has 0 radical (unpaired) electrons. The van der Waals surface area contributed by atoms with Crippen molar-refractivity contribution in [3.63, 3.8) is 0 Å². The number of benzene rings is 2. The number of hydrogen-bond donors (Lipinski definition) is 1. The van der Waals surface area contributed by atoms with Crippen LogP contribution < -0.4 is 9.46 Å². The largest absolute Gasteiger partial charge is 0.490 e. The van der Waals surface area contributed by atoms with Crippen LogP contribution in [-0.2, 0) is 10.0 Å². The summed E-state index contributed by atoms with van der Waals surface area (Å²) in [6.45, 7) is 4.90. The number of carbonyl (C=O) groups excluding carboxylic acids is 1. The average molecular weight is 526 g/mol. The molecular weight excluding hydrogens is 497 g/mol. The van der Waals surface area contributed by atoms with Crippen molar-refractivity contribution in [2.75, 3.05) is 26.2 Å². The van der Waals surface area contributed by atoms with Gasteiger partial charge in [-0.2, -0.15) is 0 Å². The molecule has 0 saturated carbocycles. The van der Waals surface area contributed by atoms with Gasteiger partial charge in [0.05, 0.1) is 5.02 Å². The van der Waals surface area contributed by atoms with Gasteiger partial charge in [-0.15, -0.1) is 0 Å². The Kier molecular flexibility index (Phi) is 7.92. The molecule has 4 rings (SSSR count). The normalized spacial score (nSPS) is 18.6. The molecule has 2 aliphatic rings. The van der Waals surface area contributed by atoms with Gasteiger partial charge in [0.15, 0.2) is 0 Å². The first-order chi connectivity index (χ1) is 16.2. The lowest BCUT2D eigenvalue weighted by Crippen LogP contribution is -2.52. The smallest absolute Gasteiger partial charge is 0.331 e. The summed E-state index contributed by atoms with van der Waals surface area (Å²) in [4.78, 5) is 16.5. The third kappa shape index (κ3) is 5.97. The molecule has 2 amide bonds. The topological polar surface area (TPSA) is 79.0 Å². The number of likely N-dealkylation sites (tertiary alicyclic amines) is 2. The fourth-order valence-corrected chi connectivity index (χ4v) is 6.33. The number of carbonyl (C=O) groups is 1. The van der Waals surface area contributed by atoms with Gasteiger partial charge in [-0.25, -0.2) is 17.9 Å². The van der Waals surface area contributed by atoms with E-state index in [1.807, 2.05) is 25.1 Å². The molecule has 2 aliphatic heterocycles. The van der Waals surface area contributed by atoms with E-state index in [0.717, 1.165) is 50.1 Å². The van der Waals surface area contributed by atoms with Gasteiger partial charge in [-0.1, -0.05) is 35.3 Å². The highest BCUT2D eigenvalue weighted by atomic mass is 35.5. The van der Waals surface area contributed by atoms with E-state index >= 15 is 0 Å². The zero-order valence-corrected chi connectivity index (χ0v) is 21.4. The zero-order chi connectivity index (χ0) is 24.3. The summed E-state index contributed by atoms with van der Waals surface area (Å²) in [5, 5.41) is 0.793. The third-order valence-corrected chi connectivity index (χ3v) is 8.58. The maximum atomic E-state index is 12.6. The van der Waals surface area contributed by atoms with Gasteiger partial charge in [0.25, 0.3) is 10.0 Å². The summed E-state index contributed by atoms with van der Waals surface area (Å²) in [6.07, 6.45) is 3.68. The van der Waals surface area contributed by atoms with Crippen molar-refractivity contribution in [1.29, 1.82) is 0 Å². The van der Waals surface area contributed by atoms with E-state index < -0.39 is 16.1 Å². The Balaban J connectivity index is 1.24. The van der Waals surface area contributed by atoms with Crippen LogP contribution in [0.5, 0.6) is 5.75 Å². The van der Waals surface area contributed by atoms with Crippen molar-refractivity contribution in [1.82, 2.24) is 14.5 Å². The maximum absolute atomic E-state index is 12.6. The average Bonchev–Trinajstić information content (AvgIpc) is 2.81. The van der Waals surface area contributed by atoms with Crippen LogP contribution in [0.3, 0.4) is 0 Å². The first-order valence-corrected chi connectivity index (χ1v) is 13.7. The number of aryl methyl sites for hydroxylation is 1. The molecule has 0 unspecified atom stereocenters. The summed E-state index contributed by atoms with van der Waals surface area (Å²) >= 11 is 12.0. The summed E-state index contributed by atoms with van der Waals surface area (Å²) in [5.74, 6) is 0.883. The van der Waals surface area contributed by atoms with Crippen molar-refractivity contribution in [2.24, 2.45) is 0 Å². The quantitative estimate of drug-likeness (QED) is 0.611. The molecule has 1 N–H and O–H groups in total.